The van der Waals surface area contributed by atoms with Crippen LogP contribution in [-0.4, -0.2) is 39.0 Å². The lowest BCUT2D eigenvalue weighted by molar-refractivity contribution is 1.07. The lowest BCUT2D eigenvalue weighted by atomic mass is 9.90. The molecule has 17 aromatic carbocycles. The maximum atomic E-state index is 10.4. The third kappa shape index (κ3) is 16.4. The van der Waals surface area contributed by atoms with E-state index in [0.29, 0.717) is 141 Å². The monoisotopic (exact) mass is 1760 g/mol. The molecule has 632 valence electrons. The van der Waals surface area contributed by atoms with Crippen LogP contribution in [0.3, 0.4) is 0 Å². The highest BCUT2D eigenvalue weighted by molar-refractivity contribution is 6.15. The second kappa shape index (κ2) is 36.7. The summed E-state index contributed by atoms with van der Waals surface area (Å²) in [6, 6.07) is 128. The summed E-state index contributed by atoms with van der Waals surface area (Å²) in [4.78, 5) is 52.7. The van der Waals surface area contributed by atoms with E-state index in [9.17, 15) is 26.3 Å². The third-order valence-electron chi connectivity index (χ3n) is 24.0. The smallest absolute Gasteiger partial charge is 0.187 e. The molecule has 19 nitrogen and oxygen atoms in total. The van der Waals surface area contributed by atoms with Crippen LogP contribution in [-0.2, 0) is 0 Å². The van der Waals surface area contributed by atoms with E-state index in [-0.39, 0.29) is 22.5 Å². The van der Waals surface area contributed by atoms with Crippen LogP contribution in [0.4, 0.5) is 34.1 Å². The molecular formula is C119H61N19. The average molecular weight is 1760 g/mol. The minimum atomic E-state index is 0.265. The minimum absolute atomic E-state index is 0.265. The Kier molecular flexibility index (Phi) is 22.6. The molecule has 0 unspecified atom stereocenters. The van der Waals surface area contributed by atoms with Crippen LogP contribution in [0.15, 0.2) is 370 Å². The van der Waals surface area contributed by atoms with E-state index in [4.69, 9.17) is 69.3 Å². The van der Waals surface area contributed by atoms with Crippen molar-refractivity contribution >= 4 is 77.7 Å². The number of benzene rings is 17. The number of hydrogen-bond donors (Lipinski definition) is 0. The predicted octanol–water partition coefficient (Wildman–Crippen LogP) is 30.3. The molecule has 0 bridgehead atoms. The van der Waals surface area contributed by atoms with Crippen molar-refractivity contribution in [1.29, 1.82) is 26.3 Å². The van der Waals surface area contributed by atoms with Gasteiger partial charge in [0.05, 0.1) is 131 Å². The molecule has 4 aromatic heterocycles. The highest BCUT2D eigenvalue weighted by Crippen LogP contribution is 2.50. The summed E-state index contributed by atoms with van der Waals surface area (Å²) in [5, 5.41) is 54.8. The number of hydrogen-bond acceptors (Lipinski definition) is 11. The number of rotatable bonds is 15. The molecule has 0 aliphatic carbocycles. The Bertz CT molecular complexity index is 8570. The fourth-order valence-corrected chi connectivity index (χ4v) is 17.6. The Balaban J connectivity index is 0.000000171. The van der Waals surface area contributed by atoms with Crippen molar-refractivity contribution < 1.29 is 0 Å². The quantitative estimate of drug-likeness (QED) is 0.0876. The molecule has 0 saturated heterocycles. The molecule has 21 aromatic rings. The van der Waals surface area contributed by atoms with Crippen LogP contribution in [0.1, 0.15) is 27.8 Å². The Labute approximate surface area is 792 Å². The lowest BCUT2D eigenvalue weighted by Crippen LogP contribution is -2.04. The van der Waals surface area contributed by atoms with Crippen molar-refractivity contribution in [2.75, 3.05) is 0 Å². The van der Waals surface area contributed by atoms with E-state index in [1.165, 1.54) is 0 Å². The van der Waals surface area contributed by atoms with E-state index in [0.717, 1.165) is 99.2 Å². The van der Waals surface area contributed by atoms with Gasteiger partial charge in [0.1, 0.15) is 0 Å². The van der Waals surface area contributed by atoms with Gasteiger partial charge in [0.2, 0.25) is 0 Å². The van der Waals surface area contributed by atoms with Gasteiger partial charge in [0.25, 0.3) is 0 Å². The van der Waals surface area contributed by atoms with E-state index in [1.54, 1.807) is 97.1 Å². The van der Waals surface area contributed by atoms with Gasteiger partial charge in [0.15, 0.2) is 69.1 Å². The van der Waals surface area contributed by atoms with Crippen LogP contribution >= 0.6 is 0 Å². The highest BCUT2D eigenvalue weighted by Gasteiger charge is 2.29. The first-order valence-electron chi connectivity index (χ1n) is 43.2. The normalized spacial score (nSPS) is 10.7. The highest BCUT2D eigenvalue weighted by atomic mass is 15.1. The number of para-hydroxylation sites is 1. The summed E-state index contributed by atoms with van der Waals surface area (Å²) in [6.07, 6.45) is 0. The van der Waals surface area contributed by atoms with Crippen molar-refractivity contribution in [2.45, 2.75) is 0 Å². The SMILES string of the molecule is [C-]#[N+]c1ccc(-c2ccc3c(c2)c2cc(-c4ccc(C#N)cc4)ccc2n3-c2c(-c3cc(C#N)cc(C#N)c3)cc(-c3nc(-c4ccccc4)nc(-c4ccccc4)n3)cc2-c2cc([N+]#[C-])cc([N+]#[C-])c2)cc1.[C-]#[N+]c1ccc(-c2ccc3c(c2)c2ccccc2n3-c2c(-c3cc(C#N)cc(C#N)c3)cc(-c3nc(-c4ccccc4)nc(-c4ccccc4)n3)cc2-c2cc([N+]#[C-])cc([N+]#[C-])c2)cc1. The van der Waals surface area contributed by atoms with E-state index in [1.807, 2.05) is 218 Å². The molecule has 0 spiro atoms. The second-order valence-electron chi connectivity index (χ2n) is 32.3. The van der Waals surface area contributed by atoms with Crippen LogP contribution in [0, 0.1) is 96.1 Å². The molecule has 0 saturated carbocycles. The van der Waals surface area contributed by atoms with Crippen LogP contribution in [0.2, 0.25) is 0 Å². The van der Waals surface area contributed by atoms with Gasteiger partial charge in [-0.3, -0.25) is 0 Å². The molecule has 0 radical (unpaired) electrons. The fraction of sp³-hybridized carbons (Fsp3) is 0. The summed E-state index contributed by atoms with van der Waals surface area (Å²) < 4.78 is 4.34. The first kappa shape index (κ1) is 84.9. The van der Waals surface area contributed by atoms with E-state index in [2.05, 4.69) is 123 Å². The van der Waals surface area contributed by atoms with Gasteiger partial charge in [-0.2, -0.15) is 26.3 Å². The molecule has 0 atom stereocenters. The van der Waals surface area contributed by atoms with Gasteiger partial charge in [-0.05, 0) is 171 Å². The Hall–Kier alpha value is -21.2. The van der Waals surface area contributed by atoms with Gasteiger partial charge < -0.3 is 9.13 Å². The number of fused-ring (bicyclic) bond motifs is 6. The summed E-state index contributed by atoms with van der Waals surface area (Å²) >= 11 is 0. The molecule has 19 heteroatoms. The largest absolute Gasteiger partial charge is 0.308 e. The van der Waals surface area contributed by atoms with Crippen LogP contribution < -0.4 is 0 Å². The molecule has 138 heavy (non-hydrogen) atoms. The Morgan fingerprint density at radius 1 is 0.181 bits per heavy atom. The molecule has 0 aliphatic rings. The second-order valence-corrected chi connectivity index (χ2v) is 32.3. The summed E-state index contributed by atoms with van der Waals surface area (Å²) in [7, 11) is 0. The predicted molar refractivity (Wildman–Crippen MR) is 540 cm³/mol. The molecule has 0 fully saturated rings. The zero-order valence-electron chi connectivity index (χ0n) is 72.7. The molecule has 21 rings (SSSR count). The first-order chi connectivity index (χ1) is 67.8. The Morgan fingerprint density at radius 3 is 0.717 bits per heavy atom. The van der Waals surface area contributed by atoms with Crippen molar-refractivity contribution in [2.24, 2.45) is 0 Å². The molecular weight excluding hydrogens is 1700 g/mol. The van der Waals surface area contributed by atoms with Gasteiger partial charge in [-0.15, -0.1) is 0 Å². The molecule has 0 amide bonds. The first-order valence-corrected chi connectivity index (χ1v) is 43.2. The fourth-order valence-electron chi connectivity index (χ4n) is 17.6. The minimum Gasteiger partial charge on any atom is -0.308 e. The van der Waals surface area contributed by atoms with E-state index >= 15 is 0 Å². The van der Waals surface area contributed by atoms with Crippen molar-refractivity contribution in [3.8, 4) is 188 Å². The average Bonchev–Trinajstić information content (AvgIpc) is 1.55. The Morgan fingerprint density at radius 2 is 0.428 bits per heavy atom. The number of nitriles is 5. The lowest BCUT2D eigenvalue weighted by Gasteiger charge is -2.22. The maximum Gasteiger partial charge on any atom is 0.187 e. The van der Waals surface area contributed by atoms with Crippen LogP contribution in [0.5, 0.6) is 0 Å². The summed E-state index contributed by atoms with van der Waals surface area (Å²) in [5.74, 6) is 2.53. The third-order valence-corrected chi connectivity index (χ3v) is 24.0. The maximum absolute atomic E-state index is 10.4. The van der Waals surface area contributed by atoms with Gasteiger partial charge in [0, 0.05) is 77.2 Å². The summed E-state index contributed by atoms with van der Waals surface area (Å²) in [6.45, 7) is 47.5. The van der Waals surface area contributed by atoms with Gasteiger partial charge >= 0.3 is 0 Å². The molecule has 4 heterocycles. The van der Waals surface area contributed by atoms with Crippen molar-refractivity contribution in [1.82, 2.24) is 39.0 Å². The zero-order valence-corrected chi connectivity index (χ0v) is 72.7. The standard InChI is InChI=1S/C63H32N10.C56H29N9/c1-67-51-22-18-43(19-23-51)47-21-25-59-57(32-47)56-31-46(42-16-14-39(36-64)15-17-42)20-24-58(56)73(59)60-54(48-27-40(37-65)26-41(28-48)38-66)33-50(34-55(60)49-29-52(68-2)35-53(30-49)69-3)63-71-61(44-10-6-4-7-11-44)70-62(72-63)45-12-8-5-9-13-45;1-59-44-21-18-37(19-22-44)40-20-23-52-50(29-40)47-16-10-11-17-51(47)65(52)53-48(41-25-35(33-57)24-36(26-41)34-58)30-43(31-49(53)42-27-45(60-2)32-46(28-42)61-3)56-63-54(38-12-6-4-7-13-38)62-55(64-56)39-14-8-5-9-15-39/h4-35H;4-32H. The number of nitrogens with zero attached hydrogens (tertiary/aromatic N) is 19. The molecule has 0 aliphatic heterocycles. The van der Waals surface area contributed by atoms with Gasteiger partial charge in [-0.25, -0.2) is 59.0 Å². The van der Waals surface area contributed by atoms with Gasteiger partial charge in [-0.1, -0.05) is 255 Å². The van der Waals surface area contributed by atoms with Crippen molar-refractivity contribution in [3.63, 3.8) is 0 Å². The molecule has 0 N–H and O–H groups in total. The van der Waals surface area contributed by atoms with E-state index < -0.39 is 0 Å². The number of aromatic nitrogens is 8. The van der Waals surface area contributed by atoms with Crippen LogP contribution in [0.25, 0.3) is 230 Å². The zero-order chi connectivity index (χ0) is 94.4. The topological polar surface area (TPSA) is 232 Å². The van der Waals surface area contributed by atoms with Crippen molar-refractivity contribution in [3.05, 3.63) is 466 Å². The summed E-state index contributed by atoms with van der Waals surface area (Å²) in [5.41, 5.74) is 23.4.